The Morgan fingerprint density at radius 3 is 2.36 bits per heavy atom. The van der Waals surface area contributed by atoms with Crippen molar-refractivity contribution in [2.45, 2.75) is 50.8 Å². The van der Waals surface area contributed by atoms with Crippen molar-refractivity contribution in [3.8, 4) is 0 Å². The van der Waals surface area contributed by atoms with E-state index in [1.807, 2.05) is 0 Å². The van der Waals surface area contributed by atoms with Crippen LogP contribution >= 0.6 is 0 Å². The summed E-state index contributed by atoms with van der Waals surface area (Å²) >= 11 is 0. The van der Waals surface area contributed by atoms with Crippen LogP contribution in [0.1, 0.15) is 43.0 Å². The summed E-state index contributed by atoms with van der Waals surface area (Å²) in [5.41, 5.74) is 1.15. The van der Waals surface area contributed by atoms with Crippen molar-refractivity contribution in [2.75, 3.05) is 25.5 Å². The van der Waals surface area contributed by atoms with Crippen LogP contribution in [0.2, 0.25) is 0 Å². The van der Waals surface area contributed by atoms with Gasteiger partial charge >= 0.3 is 5.97 Å². The maximum atomic E-state index is 12.5. The number of anilines is 1. The fourth-order valence-corrected chi connectivity index (χ4v) is 4.39. The number of carbonyl (C=O) groups is 2. The van der Waals surface area contributed by atoms with Crippen molar-refractivity contribution >= 4 is 17.6 Å². The fourth-order valence-electron chi connectivity index (χ4n) is 4.39. The molecule has 25 heavy (non-hydrogen) atoms. The molecule has 2 aliphatic heterocycles. The molecule has 0 aliphatic carbocycles. The minimum absolute atomic E-state index is 0.0281. The van der Waals surface area contributed by atoms with Crippen LogP contribution in [0.5, 0.6) is 0 Å². The van der Waals surface area contributed by atoms with E-state index in [9.17, 15) is 14.7 Å². The molecule has 2 bridgehead atoms. The summed E-state index contributed by atoms with van der Waals surface area (Å²) in [7, 11) is 2.14. The second kappa shape index (κ2) is 7.14. The van der Waals surface area contributed by atoms with E-state index in [0.717, 1.165) is 30.2 Å². The number of carbonyl (C=O) groups excluding carboxylic acids is 2. The van der Waals surface area contributed by atoms with Gasteiger partial charge in [0.2, 0.25) is 0 Å². The van der Waals surface area contributed by atoms with Crippen LogP contribution < -0.4 is 5.32 Å². The first kappa shape index (κ1) is 17.9. The lowest BCUT2D eigenvalue weighted by atomic mass is 9.97. The molecule has 2 aliphatic rings. The Hall–Kier alpha value is -1.92. The summed E-state index contributed by atoms with van der Waals surface area (Å²) in [6.45, 7) is 2.52. The number of aliphatic hydroxyl groups is 1. The van der Waals surface area contributed by atoms with Crippen LogP contribution in [-0.2, 0) is 9.53 Å². The third-order valence-corrected chi connectivity index (χ3v) is 5.75. The molecule has 2 heterocycles. The molecular weight excluding hydrogens is 320 g/mol. The first-order chi connectivity index (χ1) is 11.9. The minimum atomic E-state index is -0.359. The maximum absolute atomic E-state index is 12.5. The van der Waals surface area contributed by atoms with Gasteiger partial charge in [-0.15, -0.1) is 0 Å². The zero-order chi connectivity index (χ0) is 18.0. The lowest BCUT2D eigenvalue weighted by Crippen LogP contribution is -2.61. The number of ether oxygens (including phenoxy) is 1. The molecule has 0 radical (unpaired) electrons. The Balaban J connectivity index is 1.60. The smallest absolute Gasteiger partial charge is 0.338 e. The summed E-state index contributed by atoms with van der Waals surface area (Å²) in [6.07, 6.45) is 3.52. The van der Waals surface area contributed by atoms with Gasteiger partial charge in [0.05, 0.1) is 37.4 Å². The van der Waals surface area contributed by atoms with Crippen molar-refractivity contribution < 1.29 is 23.9 Å². The van der Waals surface area contributed by atoms with Gasteiger partial charge in [-0.2, -0.15) is 0 Å². The molecule has 1 aromatic carbocycles. The molecule has 2 N–H and O–H groups in total. The summed E-state index contributed by atoms with van der Waals surface area (Å²) in [4.78, 5) is 24.2. The Morgan fingerprint density at radius 1 is 1.20 bits per heavy atom. The van der Waals surface area contributed by atoms with Gasteiger partial charge in [0, 0.05) is 31.4 Å². The highest BCUT2D eigenvalue weighted by Crippen LogP contribution is 2.41. The molecule has 0 aromatic heterocycles. The molecule has 6 heteroatoms. The molecule has 2 unspecified atom stereocenters. The fraction of sp³-hybridized carbons (Fsp3) is 0.579. The van der Waals surface area contributed by atoms with E-state index >= 15 is 0 Å². The molecule has 3 rings (SSSR count). The second-order valence-electron chi connectivity index (χ2n) is 7.36. The highest BCUT2D eigenvalue weighted by molar-refractivity contribution is 5.93. The van der Waals surface area contributed by atoms with Gasteiger partial charge in [-0.25, -0.2) is 4.79 Å². The third kappa shape index (κ3) is 3.70. The molecule has 0 spiro atoms. The summed E-state index contributed by atoms with van der Waals surface area (Å²) < 4.78 is 5.68. The van der Waals surface area contributed by atoms with Crippen molar-refractivity contribution in [1.82, 2.24) is 0 Å². The van der Waals surface area contributed by atoms with Gasteiger partial charge in [0.1, 0.15) is 0 Å². The van der Waals surface area contributed by atoms with E-state index in [2.05, 4.69) is 12.4 Å². The number of benzene rings is 1. The Bertz CT molecular complexity index is 629. The number of hydrogen-bond acceptors (Lipinski definition) is 4. The van der Waals surface area contributed by atoms with Crippen LogP contribution in [0.25, 0.3) is 0 Å². The van der Waals surface area contributed by atoms with Crippen LogP contribution in [0.15, 0.2) is 24.3 Å². The zero-order valence-electron chi connectivity index (χ0n) is 14.9. The van der Waals surface area contributed by atoms with E-state index in [-0.39, 0.29) is 18.0 Å². The molecule has 1 amide bonds. The van der Waals surface area contributed by atoms with Crippen molar-refractivity contribution in [2.24, 2.45) is 0 Å². The third-order valence-electron chi connectivity index (χ3n) is 5.75. The monoisotopic (exact) mass is 347 g/mol. The summed E-state index contributed by atoms with van der Waals surface area (Å²) in [6, 6.07) is 7.49. The minimum Gasteiger partial charge on any atom is -0.462 e. The number of amides is 1. The van der Waals surface area contributed by atoms with Gasteiger partial charge < -0.3 is 19.6 Å². The second-order valence-corrected chi connectivity index (χ2v) is 7.36. The van der Waals surface area contributed by atoms with Crippen LogP contribution in [0.3, 0.4) is 0 Å². The first-order valence-electron chi connectivity index (χ1n) is 9.02. The molecule has 2 saturated heterocycles. The lowest BCUT2D eigenvalue weighted by molar-refractivity contribution is -0.942. The van der Waals surface area contributed by atoms with Crippen molar-refractivity contribution in [1.29, 1.82) is 0 Å². The number of likely N-dealkylation sites (N-methyl/N-ethyl adjacent to an activating group) is 1. The SMILES string of the molecule is CCOC(=O)c1ccc(NC(=O)C[N+]2(C)C3CCC2CC(O)C3)cc1. The number of esters is 1. The number of rotatable bonds is 5. The first-order valence-corrected chi connectivity index (χ1v) is 9.02. The molecular formula is C19H27N2O4+. The number of aliphatic hydroxyl groups excluding tert-OH is 1. The van der Waals surface area contributed by atoms with Crippen LogP contribution in [0.4, 0.5) is 5.69 Å². The Kier molecular flexibility index (Phi) is 5.11. The molecule has 2 fully saturated rings. The quantitative estimate of drug-likeness (QED) is 0.630. The highest BCUT2D eigenvalue weighted by atomic mass is 16.5. The molecule has 136 valence electrons. The number of quaternary nitrogens is 1. The number of fused-ring (bicyclic) bond motifs is 2. The lowest BCUT2D eigenvalue weighted by Gasteiger charge is -2.45. The van der Waals surface area contributed by atoms with Gasteiger partial charge in [-0.05, 0) is 31.2 Å². The summed E-state index contributed by atoms with van der Waals surface area (Å²) in [5.74, 6) is -0.387. The highest BCUT2D eigenvalue weighted by Gasteiger charge is 2.51. The van der Waals surface area contributed by atoms with E-state index in [0.29, 0.717) is 36.5 Å². The van der Waals surface area contributed by atoms with Crippen molar-refractivity contribution in [3.05, 3.63) is 29.8 Å². The van der Waals surface area contributed by atoms with Gasteiger partial charge in [0.25, 0.3) is 5.91 Å². The normalized spacial score (nSPS) is 30.8. The zero-order valence-corrected chi connectivity index (χ0v) is 14.9. The van der Waals surface area contributed by atoms with E-state index in [1.54, 1.807) is 31.2 Å². The predicted octanol–water partition coefficient (Wildman–Crippen LogP) is 1.93. The summed E-state index contributed by atoms with van der Waals surface area (Å²) in [5, 5.41) is 12.9. The maximum Gasteiger partial charge on any atom is 0.338 e. The largest absolute Gasteiger partial charge is 0.462 e. The Morgan fingerprint density at radius 2 is 1.80 bits per heavy atom. The predicted molar refractivity (Wildman–Crippen MR) is 94.1 cm³/mol. The topological polar surface area (TPSA) is 75.6 Å². The average molecular weight is 347 g/mol. The number of nitrogens with one attached hydrogen (secondary N) is 1. The molecule has 6 nitrogen and oxygen atoms in total. The van der Waals surface area contributed by atoms with E-state index < -0.39 is 0 Å². The van der Waals surface area contributed by atoms with Gasteiger partial charge in [0.15, 0.2) is 6.54 Å². The van der Waals surface area contributed by atoms with E-state index in [1.165, 1.54) is 0 Å². The van der Waals surface area contributed by atoms with Gasteiger partial charge in [-0.3, -0.25) is 4.79 Å². The number of nitrogens with zero attached hydrogens (tertiary/aromatic N) is 1. The average Bonchev–Trinajstić information content (AvgIpc) is 2.73. The molecule has 2 atom stereocenters. The standard InChI is InChI=1S/C19H26N2O4/c1-3-25-19(24)13-4-6-14(7-5-13)20-18(23)12-21(2)15-8-9-16(21)11-17(22)10-15/h4-7,15-17,22H,3,8-12H2,1-2H3/p+1. The van der Waals surface area contributed by atoms with Gasteiger partial charge in [-0.1, -0.05) is 0 Å². The van der Waals surface area contributed by atoms with E-state index in [4.69, 9.17) is 4.74 Å². The van der Waals surface area contributed by atoms with Crippen molar-refractivity contribution in [3.63, 3.8) is 0 Å². The van der Waals surface area contributed by atoms with Crippen LogP contribution in [0, 0.1) is 0 Å². The molecule has 1 aromatic rings. The van der Waals surface area contributed by atoms with Crippen LogP contribution in [-0.4, -0.2) is 59.9 Å². The number of piperidine rings is 1. The molecule has 0 saturated carbocycles. The Labute approximate surface area is 148 Å². The number of hydrogen-bond donors (Lipinski definition) is 2.